The van der Waals surface area contributed by atoms with Crippen LogP contribution in [0.5, 0.6) is 5.75 Å². The van der Waals surface area contributed by atoms with Crippen molar-refractivity contribution in [1.29, 1.82) is 0 Å². The summed E-state index contributed by atoms with van der Waals surface area (Å²) in [6.45, 7) is 0.383. The van der Waals surface area contributed by atoms with Crippen LogP contribution in [0.3, 0.4) is 0 Å². The summed E-state index contributed by atoms with van der Waals surface area (Å²) in [7, 11) is 0. The third kappa shape index (κ3) is 5.13. The van der Waals surface area contributed by atoms with Gasteiger partial charge in [-0.1, -0.05) is 77.8 Å². The van der Waals surface area contributed by atoms with Crippen molar-refractivity contribution >= 4 is 90.8 Å². The highest BCUT2D eigenvalue weighted by Gasteiger charge is 2.35. The van der Waals surface area contributed by atoms with Crippen LogP contribution in [-0.4, -0.2) is 16.9 Å². The van der Waals surface area contributed by atoms with Crippen molar-refractivity contribution in [2.24, 2.45) is 0 Å². The molecule has 5 rings (SSSR count). The lowest BCUT2D eigenvalue weighted by Gasteiger charge is -2.29. The van der Waals surface area contributed by atoms with Crippen LogP contribution in [0.15, 0.2) is 88.9 Å². The molecule has 0 radical (unpaired) electrons. The van der Waals surface area contributed by atoms with Crippen LogP contribution in [0.4, 0.5) is 5.69 Å². The van der Waals surface area contributed by atoms with Crippen LogP contribution in [-0.2, 0) is 16.2 Å². The van der Waals surface area contributed by atoms with E-state index in [2.05, 4.69) is 39.4 Å². The van der Waals surface area contributed by atoms with Gasteiger partial charge in [0.1, 0.15) is 17.9 Å². The van der Waals surface area contributed by atoms with Crippen molar-refractivity contribution < 1.29 is 14.3 Å². The molecule has 1 aliphatic rings. The minimum Gasteiger partial charge on any atom is -0.488 e. The normalized spacial score (nSPS) is 14.8. The minimum atomic E-state index is -0.606. The van der Waals surface area contributed by atoms with Gasteiger partial charge in [0.2, 0.25) is 0 Å². The van der Waals surface area contributed by atoms with Gasteiger partial charge in [-0.05, 0) is 80.4 Å². The molecule has 0 saturated carbocycles. The summed E-state index contributed by atoms with van der Waals surface area (Å²) in [5.41, 5.74) is 1.87. The molecule has 0 aliphatic carbocycles. The molecule has 0 bridgehead atoms. The van der Waals surface area contributed by atoms with Gasteiger partial charge in [-0.25, -0.2) is 0 Å². The molecule has 0 unspecified atom stereocenters. The van der Waals surface area contributed by atoms with Gasteiger partial charge in [0.15, 0.2) is 5.11 Å². The number of amides is 2. The summed E-state index contributed by atoms with van der Waals surface area (Å²) in [4.78, 5) is 27.1. The molecule has 1 fully saturated rings. The van der Waals surface area contributed by atoms with Gasteiger partial charge in [-0.3, -0.25) is 19.8 Å². The summed E-state index contributed by atoms with van der Waals surface area (Å²) in [5.74, 6) is -0.579. The average Bonchev–Trinajstić information content (AvgIpc) is 2.88. The van der Waals surface area contributed by atoms with Gasteiger partial charge in [-0.2, -0.15) is 0 Å². The van der Waals surface area contributed by atoms with E-state index >= 15 is 0 Å². The number of fused-ring (bicyclic) bond motifs is 1. The number of hydrogen-bond acceptors (Lipinski definition) is 4. The molecule has 2 amide bonds. The van der Waals surface area contributed by atoms with E-state index in [4.69, 9.17) is 40.2 Å². The van der Waals surface area contributed by atoms with Crippen LogP contribution in [0.25, 0.3) is 16.8 Å². The first-order valence-electron chi connectivity index (χ1n) is 11.1. The highest BCUT2D eigenvalue weighted by molar-refractivity contribution is 9.10. The highest BCUT2D eigenvalue weighted by atomic mass is 79.9. The number of ether oxygens (including phenoxy) is 1. The molecule has 37 heavy (non-hydrogen) atoms. The van der Waals surface area contributed by atoms with Crippen LogP contribution >= 0.6 is 51.3 Å². The second-order valence-corrected chi connectivity index (χ2v) is 10.2. The number of thiocarbonyl (C=S) groups is 1. The molecule has 0 aromatic heterocycles. The number of benzene rings is 4. The van der Waals surface area contributed by atoms with Gasteiger partial charge in [0.25, 0.3) is 11.8 Å². The fraction of sp³-hybridized carbons (Fsp3) is 0.0357. The van der Waals surface area contributed by atoms with Crippen LogP contribution in [0, 0.1) is 0 Å². The maximum absolute atomic E-state index is 13.3. The van der Waals surface area contributed by atoms with Crippen LogP contribution < -0.4 is 15.0 Å². The van der Waals surface area contributed by atoms with E-state index in [0.29, 0.717) is 22.4 Å². The lowest BCUT2D eigenvalue weighted by molar-refractivity contribution is -0.122. The van der Waals surface area contributed by atoms with E-state index < -0.39 is 11.8 Å². The Labute approximate surface area is 236 Å². The Balaban J connectivity index is 1.39. The molecule has 1 saturated heterocycles. The quantitative estimate of drug-likeness (QED) is 0.146. The van der Waals surface area contributed by atoms with Crippen molar-refractivity contribution in [3.63, 3.8) is 0 Å². The SMILES string of the molecule is O=C1NC(=S)N(c2cccc(Cl)c2Cl)C(=O)/C1=C/c1ccc(OCc2cccc3ccccc23)c(Br)c1. The number of nitrogens with one attached hydrogen (secondary N) is 1. The number of carbonyl (C=O) groups is 2. The van der Waals surface area contributed by atoms with Crippen molar-refractivity contribution in [2.45, 2.75) is 6.61 Å². The Hall–Kier alpha value is -3.23. The molecule has 4 aromatic carbocycles. The summed E-state index contributed by atoms with van der Waals surface area (Å²) in [5, 5.41) is 5.17. The van der Waals surface area contributed by atoms with E-state index in [1.807, 2.05) is 24.3 Å². The Bertz CT molecular complexity index is 1620. The third-order valence-electron chi connectivity index (χ3n) is 5.80. The van der Waals surface area contributed by atoms with E-state index in [1.165, 1.54) is 6.08 Å². The summed E-state index contributed by atoms with van der Waals surface area (Å²) >= 11 is 21.2. The van der Waals surface area contributed by atoms with Crippen molar-refractivity contribution in [3.05, 3.63) is 110 Å². The van der Waals surface area contributed by atoms with Crippen LogP contribution in [0.2, 0.25) is 10.0 Å². The van der Waals surface area contributed by atoms with E-state index in [-0.39, 0.29) is 26.4 Å². The minimum absolute atomic E-state index is 0.0744. The Morgan fingerprint density at radius 1 is 0.973 bits per heavy atom. The lowest BCUT2D eigenvalue weighted by Crippen LogP contribution is -2.54. The third-order valence-corrected chi connectivity index (χ3v) is 7.52. The molecular formula is C28H17BrCl2N2O3S. The summed E-state index contributed by atoms with van der Waals surface area (Å²) < 4.78 is 6.74. The fourth-order valence-corrected chi connectivity index (χ4v) is 5.17. The average molecular weight is 612 g/mol. The van der Waals surface area contributed by atoms with E-state index in [1.54, 1.807) is 36.4 Å². The zero-order chi connectivity index (χ0) is 26.1. The van der Waals surface area contributed by atoms with Gasteiger partial charge >= 0.3 is 0 Å². The number of halogens is 3. The summed E-state index contributed by atoms with van der Waals surface area (Å²) in [6, 6.07) is 24.4. The van der Waals surface area contributed by atoms with E-state index in [0.717, 1.165) is 21.2 Å². The maximum Gasteiger partial charge on any atom is 0.270 e. The number of rotatable bonds is 5. The molecule has 1 N–H and O–H groups in total. The summed E-state index contributed by atoms with van der Waals surface area (Å²) in [6.07, 6.45) is 1.49. The van der Waals surface area contributed by atoms with Gasteiger partial charge < -0.3 is 4.74 Å². The number of anilines is 1. The van der Waals surface area contributed by atoms with Gasteiger partial charge in [0, 0.05) is 0 Å². The van der Waals surface area contributed by atoms with Crippen molar-refractivity contribution in [2.75, 3.05) is 4.90 Å². The number of carbonyl (C=O) groups excluding carboxylic acids is 2. The molecule has 0 atom stereocenters. The predicted molar refractivity (Wildman–Crippen MR) is 155 cm³/mol. The van der Waals surface area contributed by atoms with Gasteiger partial charge in [0.05, 0.1) is 20.2 Å². The van der Waals surface area contributed by atoms with Gasteiger partial charge in [-0.15, -0.1) is 0 Å². The Morgan fingerprint density at radius 3 is 2.54 bits per heavy atom. The van der Waals surface area contributed by atoms with Crippen molar-refractivity contribution in [3.8, 4) is 5.75 Å². The topological polar surface area (TPSA) is 58.6 Å². The standard InChI is InChI=1S/C28H17BrCl2N2O3S/c29-21-14-16(11-12-24(21)36-15-18-7-3-6-17-5-1-2-8-19(17)18)13-20-26(34)32-28(37)33(27(20)35)23-10-4-9-22(30)25(23)31/h1-14H,15H2,(H,32,34,37)/b20-13+. The zero-order valence-electron chi connectivity index (χ0n) is 19.0. The molecule has 1 heterocycles. The Morgan fingerprint density at radius 2 is 1.73 bits per heavy atom. The number of hydrogen-bond donors (Lipinski definition) is 1. The fourth-order valence-electron chi connectivity index (χ4n) is 4.01. The molecule has 4 aromatic rings. The zero-order valence-corrected chi connectivity index (χ0v) is 22.9. The first-order valence-corrected chi connectivity index (χ1v) is 13.0. The second kappa shape index (κ2) is 10.6. The number of nitrogens with zero attached hydrogens (tertiary/aromatic N) is 1. The molecule has 184 valence electrons. The first kappa shape index (κ1) is 25.4. The largest absolute Gasteiger partial charge is 0.488 e. The molecular weight excluding hydrogens is 595 g/mol. The Kier molecular flexibility index (Phi) is 7.31. The predicted octanol–water partition coefficient (Wildman–Crippen LogP) is 7.32. The molecule has 0 spiro atoms. The first-order chi connectivity index (χ1) is 17.8. The second-order valence-electron chi connectivity index (χ2n) is 8.15. The van der Waals surface area contributed by atoms with Crippen molar-refractivity contribution in [1.82, 2.24) is 5.32 Å². The monoisotopic (exact) mass is 610 g/mol. The molecule has 5 nitrogen and oxygen atoms in total. The maximum atomic E-state index is 13.3. The van der Waals surface area contributed by atoms with E-state index in [9.17, 15) is 9.59 Å². The highest BCUT2D eigenvalue weighted by Crippen LogP contribution is 2.35. The smallest absolute Gasteiger partial charge is 0.270 e. The lowest BCUT2D eigenvalue weighted by atomic mass is 10.1. The van der Waals surface area contributed by atoms with Crippen LogP contribution in [0.1, 0.15) is 11.1 Å². The molecule has 9 heteroatoms. The molecule has 1 aliphatic heterocycles.